The highest BCUT2D eigenvalue weighted by Gasteiger charge is 2.07. The maximum atomic E-state index is 13.2. The first-order valence-corrected chi connectivity index (χ1v) is 6.58. The monoisotopic (exact) mass is 283 g/mol. The lowest BCUT2D eigenvalue weighted by molar-refractivity contribution is 0.628. The van der Waals surface area contributed by atoms with Crippen molar-refractivity contribution in [2.45, 2.75) is 13.0 Å². The van der Waals surface area contributed by atoms with Crippen molar-refractivity contribution in [3.05, 3.63) is 66.2 Å². The summed E-state index contributed by atoms with van der Waals surface area (Å²) < 4.78 is 14.8. The Kier molecular flexibility index (Phi) is 3.59. The van der Waals surface area contributed by atoms with E-state index >= 15 is 0 Å². The van der Waals surface area contributed by atoms with Crippen molar-refractivity contribution in [2.75, 3.05) is 5.32 Å². The van der Waals surface area contributed by atoms with E-state index in [1.807, 2.05) is 37.3 Å². The predicted octanol–water partition coefficient (Wildman–Crippen LogP) is 2.97. The second-order valence-electron chi connectivity index (χ2n) is 4.73. The van der Waals surface area contributed by atoms with Crippen LogP contribution in [0, 0.1) is 5.82 Å². The Morgan fingerprint density at radius 1 is 1.14 bits per heavy atom. The van der Waals surface area contributed by atoms with Crippen LogP contribution in [0.1, 0.15) is 18.5 Å². The summed E-state index contributed by atoms with van der Waals surface area (Å²) in [5, 5.41) is 14.4. The lowest BCUT2D eigenvalue weighted by atomic mass is 10.1. The molecule has 1 unspecified atom stereocenters. The van der Waals surface area contributed by atoms with Crippen LogP contribution in [0.25, 0.3) is 5.69 Å². The summed E-state index contributed by atoms with van der Waals surface area (Å²) >= 11 is 0. The molecule has 2 aromatic carbocycles. The van der Waals surface area contributed by atoms with Crippen molar-refractivity contribution in [3.63, 3.8) is 0 Å². The molecule has 0 aliphatic heterocycles. The first-order chi connectivity index (χ1) is 10.2. The van der Waals surface area contributed by atoms with Crippen LogP contribution in [0.3, 0.4) is 0 Å². The molecule has 0 fully saturated rings. The number of benzene rings is 2. The SMILES string of the molecule is CC(Nc1cccc(F)c1)c1cccc(-n2cnnn2)c1. The van der Waals surface area contributed by atoms with Gasteiger partial charge < -0.3 is 5.32 Å². The van der Waals surface area contributed by atoms with E-state index in [1.54, 1.807) is 17.1 Å². The number of halogens is 1. The average molecular weight is 283 g/mol. The lowest BCUT2D eigenvalue weighted by Gasteiger charge is -2.16. The fraction of sp³-hybridized carbons (Fsp3) is 0.133. The third kappa shape index (κ3) is 3.05. The van der Waals surface area contributed by atoms with Crippen LogP contribution in [0.4, 0.5) is 10.1 Å². The maximum absolute atomic E-state index is 13.2. The Balaban J connectivity index is 1.81. The molecule has 0 saturated heterocycles. The van der Waals surface area contributed by atoms with E-state index in [-0.39, 0.29) is 11.9 Å². The number of hydrogen-bond acceptors (Lipinski definition) is 4. The van der Waals surface area contributed by atoms with E-state index in [0.717, 1.165) is 16.9 Å². The molecule has 5 nitrogen and oxygen atoms in total. The molecule has 0 saturated carbocycles. The Morgan fingerprint density at radius 2 is 2.00 bits per heavy atom. The molecule has 0 amide bonds. The van der Waals surface area contributed by atoms with Crippen molar-refractivity contribution in [2.24, 2.45) is 0 Å². The molecule has 0 aliphatic carbocycles. The summed E-state index contributed by atoms with van der Waals surface area (Å²) in [5.74, 6) is -0.255. The third-order valence-corrected chi connectivity index (χ3v) is 3.19. The Morgan fingerprint density at radius 3 is 2.76 bits per heavy atom. The van der Waals surface area contributed by atoms with Crippen LogP contribution in [0.2, 0.25) is 0 Å². The fourth-order valence-corrected chi connectivity index (χ4v) is 2.13. The summed E-state index contributed by atoms with van der Waals surface area (Å²) in [6.45, 7) is 2.02. The number of nitrogens with zero attached hydrogens (tertiary/aromatic N) is 4. The summed E-state index contributed by atoms with van der Waals surface area (Å²) in [5.41, 5.74) is 2.69. The maximum Gasteiger partial charge on any atom is 0.143 e. The molecule has 0 radical (unpaired) electrons. The molecule has 0 bridgehead atoms. The zero-order valence-electron chi connectivity index (χ0n) is 11.4. The summed E-state index contributed by atoms with van der Waals surface area (Å²) in [6.07, 6.45) is 1.55. The first kappa shape index (κ1) is 13.2. The van der Waals surface area contributed by atoms with E-state index in [0.29, 0.717) is 0 Å². The average Bonchev–Trinajstić information content (AvgIpc) is 3.02. The highest BCUT2D eigenvalue weighted by atomic mass is 19.1. The van der Waals surface area contributed by atoms with Crippen molar-refractivity contribution in [1.29, 1.82) is 0 Å². The largest absolute Gasteiger partial charge is 0.378 e. The van der Waals surface area contributed by atoms with Crippen LogP contribution < -0.4 is 5.32 Å². The molecule has 1 N–H and O–H groups in total. The molecule has 106 valence electrons. The minimum absolute atomic E-state index is 0.0308. The number of rotatable bonds is 4. The van der Waals surface area contributed by atoms with Gasteiger partial charge >= 0.3 is 0 Å². The summed E-state index contributed by atoms with van der Waals surface area (Å²) in [4.78, 5) is 0. The quantitative estimate of drug-likeness (QED) is 0.799. The van der Waals surface area contributed by atoms with Gasteiger partial charge in [-0.2, -0.15) is 0 Å². The number of tetrazole rings is 1. The predicted molar refractivity (Wildman–Crippen MR) is 77.6 cm³/mol. The zero-order chi connectivity index (χ0) is 14.7. The molecule has 0 aliphatic rings. The van der Waals surface area contributed by atoms with E-state index in [4.69, 9.17) is 0 Å². The number of anilines is 1. The van der Waals surface area contributed by atoms with Gasteiger partial charge in [0.1, 0.15) is 12.1 Å². The highest BCUT2D eigenvalue weighted by Crippen LogP contribution is 2.21. The van der Waals surface area contributed by atoms with Crippen molar-refractivity contribution >= 4 is 5.69 Å². The van der Waals surface area contributed by atoms with E-state index in [1.165, 1.54) is 12.1 Å². The van der Waals surface area contributed by atoms with Gasteiger partial charge in [0.25, 0.3) is 0 Å². The normalized spacial score (nSPS) is 12.1. The van der Waals surface area contributed by atoms with Gasteiger partial charge in [0.2, 0.25) is 0 Å². The fourth-order valence-electron chi connectivity index (χ4n) is 2.13. The van der Waals surface area contributed by atoms with Crippen molar-refractivity contribution in [1.82, 2.24) is 20.2 Å². The van der Waals surface area contributed by atoms with E-state index < -0.39 is 0 Å². The van der Waals surface area contributed by atoms with Crippen molar-refractivity contribution < 1.29 is 4.39 Å². The molecule has 1 aromatic heterocycles. The Labute approximate surface area is 121 Å². The Bertz CT molecular complexity index is 726. The molecule has 3 rings (SSSR count). The van der Waals surface area contributed by atoms with Crippen molar-refractivity contribution in [3.8, 4) is 5.69 Å². The molecule has 1 heterocycles. The zero-order valence-corrected chi connectivity index (χ0v) is 11.4. The summed E-state index contributed by atoms with van der Waals surface area (Å²) in [7, 11) is 0. The van der Waals surface area contributed by atoms with Gasteiger partial charge in [0.05, 0.1) is 5.69 Å². The number of nitrogens with one attached hydrogen (secondary N) is 1. The number of aromatic nitrogens is 4. The van der Waals surface area contributed by atoms with Gasteiger partial charge in [-0.25, -0.2) is 9.07 Å². The van der Waals surface area contributed by atoms with E-state index in [2.05, 4.69) is 20.8 Å². The standard InChI is InChI=1S/C15H14FN5/c1-11(18-14-6-3-5-13(16)9-14)12-4-2-7-15(8-12)21-10-17-19-20-21/h2-11,18H,1H3. The van der Waals surface area contributed by atoms with Crippen LogP contribution in [-0.2, 0) is 0 Å². The smallest absolute Gasteiger partial charge is 0.143 e. The Hall–Kier alpha value is -2.76. The van der Waals surface area contributed by atoms with Gasteiger partial charge in [0.15, 0.2) is 0 Å². The van der Waals surface area contributed by atoms with Gasteiger partial charge in [0, 0.05) is 11.7 Å². The van der Waals surface area contributed by atoms with Gasteiger partial charge in [-0.05, 0) is 53.2 Å². The van der Waals surface area contributed by atoms with Gasteiger partial charge in [-0.15, -0.1) is 5.10 Å². The van der Waals surface area contributed by atoms with Gasteiger partial charge in [-0.3, -0.25) is 0 Å². The molecule has 21 heavy (non-hydrogen) atoms. The molecular formula is C15H14FN5. The minimum Gasteiger partial charge on any atom is -0.378 e. The van der Waals surface area contributed by atoms with Crippen LogP contribution in [-0.4, -0.2) is 20.2 Å². The third-order valence-electron chi connectivity index (χ3n) is 3.19. The van der Waals surface area contributed by atoms with E-state index in [9.17, 15) is 4.39 Å². The first-order valence-electron chi connectivity index (χ1n) is 6.58. The molecule has 3 aromatic rings. The highest BCUT2D eigenvalue weighted by molar-refractivity contribution is 5.46. The van der Waals surface area contributed by atoms with Gasteiger partial charge in [-0.1, -0.05) is 18.2 Å². The van der Waals surface area contributed by atoms with Crippen LogP contribution in [0.15, 0.2) is 54.9 Å². The second-order valence-corrected chi connectivity index (χ2v) is 4.73. The minimum atomic E-state index is -0.255. The summed E-state index contributed by atoms with van der Waals surface area (Å²) in [6, 6.07) is 14.3. The second kappa shape index (κ2) is 5.70. The molecule has 0 spiro atoms. The molecule has 1 atom stereocenters. The topological polar surface area (TPSA) is 55.6 Å². The van der Waals surface area contributed by atoms with Crippen LogP contribution >= 0.6 is 0 Å². The molecular weight excluding hydrogens is 269 g/mol. The van der Waals surface area contributed by atoms with Crippen LogP contribution in [0.5, 0.6) is 0 Å². The molecule has 6 heteroatoms. The number of hydrogen-bond donors (Lipinski definition) is 1. The lowest BCUT2D eigenvalue weighted by Crippen LogP contribution is -2.07.